The lowest BCUT2D eigenvalue weighted by Gasteiger charge is -2.53. The van der Waals surface area contributed by atoms with E-state index in [1.807, 2.05) is 6.07 Å². The first-order valence-corrected chi connectivity index (χ1v) is 10.0. The molecule has 158 valence electrons. The van der Waals surface area contributed by atoms with Crippen LogP contribution in [-0.2, 0) is 16.0 Å². The van der Waals surface area contributed by atoms with Crippen molar-refractivity contribution < 1.29 is 29.2 Å². The van der Waals surface area contributed by atoms with Gasteiger partial charge < -0.3 is 24.4 Å². The largest absolute Gasteiger partial charge is 0.497 e. The summed E-state index contributed by atoms with van der Waals surface area (Å²) in [6, 6.07) is 19.1. The molecule has 0 radical (unpaired) electrons. The number of benzene rings is 3. The molecule has 0 saturated carbocycles. The summed E-state index contributed by atoms with van der Waals surface area (Å²) in [5, 5.41) is 23.9. The Kier molecular flexibility index (Phi) is 4.32. The van der Waals surface area contributed by atoms with Crippen LogP contribution < -0.4 is 14.2 Å². The second-order valence-electron chi connectivity index (χ2n) is 7.91. The molecule has 0 spiro atoms. The lowest BCUT2D eigenvalue weighted by atomic mass is 9.54. The molecule has 3 atom stereocenters. The van der Waals surface area contributed by atoms with Crippen LogP contribution in [0.1, 0.15) is 28.7 Å². The Hall–Kier alpha value is -3.35. The van der Waals surface area contributed by atoms with E-state index in [2.05, 4.69) is 0 Å². The Morgan fingerprint density at radius 3 is 2.19 bits per heavy atom. The summed E-state index contributed by atoms with van der Waals surface area (Å²) in [5.41, 5.74) is -1.02. The average molecular weight is 418 g/mol. The molecule has 6 heteroatoms. The quantitative estimate of drug-likeness (QED) is 0.500. The fourth-order valence-corrected chi connectivity index (χ4v) is 4.97. The average Bonchev–Trinajstić information content (AvgIpc) is 2.81. The molecule has 0 saturated heterocycles. The Labute approximate surface area is 179 Å². The molecule has 2 bridgehead atoms. The highest BCUT2D eigenvalue weighted by atomic mass is 16.6. The summed E-state index contributed by atoms with van der Waals surface area (Å²) >= 11 is 0. The summed E-state index contributed by atoms with van der Waals surface area (Å²) in [4.78, 5) is 13.3. The van der Waals surface area contributed by atoms with Gasteiger partial charge in [0.15, 0.2) is 11.5 Å². The van der Waals surface area contributed by atoms with Crippen LogP contribution in [0.3, 0.4) is 0 Å². The third kappa shape index (κ3) is 2.62. The van der Waals surface area contributed by atoms with Gasteiger partial charge in [0.1, 0.15) is 17.0 Å². The molecular weight excluding hydrogens is 396 g/mol. The first-order valence-electron chi connectivity index (χ1n) is 10.0. The summed E-state index contributed by atoms with van der Waals surface area (Å²) in [6.07, 6.45) is -0.0192. The van der Waals surface area contributed by atoms with Gasteiger partial charge in [0.05, 0.1) is 20.1 Å². The van der Waals surface area contributed by atoms with Crippen molar-refractivity contribution >= 4 is 5.97 Å². The predicted octanol–water partition coefficient (Wildman–Crippen LogP) is 3.11. The summed E-state index contributed by atoms with van der Waals surface area (Å²) < 4.78 is 16.3. The van der Waals surface area contributed by atoms with Crippen molar-refractivity contribution in [2.45, 2.75) is 17.6 Å². The molecule has 3 aliphatic carbocycles. The fourth-order valence-electron chi connectivity index (χ4n) is 4.97. The molecule has 0 fully saturated rings. The standard InChI is InChI=1S/C25H22O6/c1-29-15-11-12-18-19(13-15)24(27)14-20(25(18,28)17-8-4-3-7-16(17)24)23(26)31-22-10-6-5-9-21(22)30-2/h3-13,20,27-28H,14H2,1-2H3. The number of esters is 1. The van der Waals surface area contributed by atoms with Gasteiger partial charge in [-0.3, -0.25) is 4.79 Å². The van der Waals surface area contributed by atoms with E-state index >= 15 is 0 Å². The van der Waals surface area contributed by atoms with Crippen LogP contribution in [0, 0.1) is 5.92 Å². The van der Waals surface area contributed by atoms with Crippen molar-refractivity contribution in [3.63, 3.8) is 0 Å². The Balaban J connectivity index is 1.66. The van der Waals surface area contributed by atoms with E-state index in [4.69, 9.17) is 14.2 Å². The van der Waals surface area contributed by atoms with E-state index in [1.54, 1.807) is 67.8 Å². The minimum absolute atomic E-state index is 0.0192. The zero-order valence-electron chi connectivity index (χ0n) is 17.2. The summed E-state index contributed by atoms with van der Waals surface area (Å²) in [7, 11) is 3.04. The maximum absolute atomic E-state index is 13.3. The van der Waals surface area contributed by atoms with Crippen LogP contribution >= 0.6 is 0 Å². The molecule has 3 aromatic carbocycles. The number of rotatable bonds is 4. The number of aliphatic hydroxyl groups is 2. The number of ether oxygens (including phenoxy) is 3. The molecule has 0 aliphatic heterocycles. The number of para-hydroxylation sites is 2. The van der Waals surface area contributed by atoms with Gasteiger partial charge in [-0.05, 0) is 46.5 Å². The Bertz CT molecular complexity index is 1190. The van der Waals surface area contributed by atoms with Crippen molar-refractivity contribution in [2.75, 3.05) is 14.2 Å². The second kappa shape index (κ2) is 6.83. The number of carbonyl (C=O) groups excluding carboxylic acids is 1. The van der Waals surface area contributed by atoms with E-state index in [1.165, 1.54) is 7.11 Å². The lowest BCUT2D eigenvalue weighted by molar-refractivity contribution is -0.157. The van der Waals surface area contributed by atoms with Crippen LogP contribution in [0.25, 0.3) is 0 Å². The van der Waals surface area contributed by atoms with Gasteiger partial charge in [0.25, 0.3) is 0 Å². The smallest absolute Gasteiger partial charge is 0.318 e. The molecule has 31 heavy (non-hydrogen) atoms. The van der Waals surface area contributed by atoms with E-state index < -0.39 is 23.1 Å². The molecular formula is C25H22O6. The molecule has 6 nitrogen and oxygen atoms in total. The minimum Gasteiger partial charge on any atom is -0.497 e. The van der Waals surface area contributed by atoms with Crippen LogP contribution in [0.5, 0.6) is 17.2 Å². The zero-order valence-corrected chi connectivity index (χ0v) is 17.2. The molecule has 3 aliphatic rings. The van der Waals surface area contributed by atoms with Crippen LogP contribution in [-0.4, -0.2) is 30.4 Å². The van der Waals surface area contributed by atoms with Crippen molar-refractivity contribution in [3.8, 4) is 17.2 Å². The van der Waals surface area contributed by atoms with Crippen LogP contribution in [0.4, 0.5) is 0 Å². The van der Waals surface area contributed by atoms with E-state index in [0.29, 0.717) is 33.8 Å². The summed E-state index contributed by atoms with van der Waals surface area (Å²) in [5.74, 6) is -0.420. The monoisotopic (exact) mass is 418 g/mol. The first-order chi connectivity index (χ1) is 14.9. The van der Waals surface area contributed by atoms with Gasteiger partial charge in [-0.1, -0.05) is 42.5 Å². The van der Waals surface area contributed by atoms with E-state index in [0.717, 1.165) is 0 Å². The first kappa shape index (κ1) is 19.6. The van der Waals surface area contributed by atoms with E-state index in [9.17, 15) is 15.0 Å². The molecule has 3 aromatic rings. The minimum atomic E-state index is -1.65. The number of carbonyl (C=O) groups is 1. The van der Waals surface area contributed by atoms with Crippen LogP contribution in [0.15, 0.2) is 66.7 Å². The molecule has 0 aromatic heterocycles. The molecule has 0 amide bonds. The normalized spacial score (nSPS) is 25.4. The maximum Gasteiger partial charge on any atom is 0.318 e. The van der Waals surface area contributed by atoms with Gasteiger partial charge in [0.2, 0.25) is 0 Å². The van der Waals surface area contributed by atoms with Crippen molar-refractivity contribution in [1.29, 1.82) is 0 Å². The Morgan fingerprint density at radius 1 is 0.839 bits per heavy atom. The maximum atomic E-state index is 13.3. The molecule has 3 unspecified atom stereocenters. The zero-order chi connectivity index (χ0) is 21.8. The highest BCUT2D eigenvalue weighted by Crippen LogP contribution is 2.60. The number of fused-ring (bicyclic) bond motifs is 1. The van der Waals surface area contributed by atoms with Crippen molar-refractivity contribution in [3.05, 3.63) is 89.0 Å². The highest BCUT2D eigenvalue weighted by molar-refractivity contribution is 5.81. The highest BCUT2D eigenvalue weighted by Gasteiger charge is 2.62. The predicted molar refractivity (Wildman–Crippen MR) is 112 cm³/mol. The SMILES string of the molecule is COc1ccc2c(c1)C1(O)CC(C(=O)Oc3ccccc3OC)C2(O)c2ccccc21. The topological polar surface area (TPSA) is 85.2 Å². The van der Waals surface area contributed by atoms with Crippen LogP contribution in [0.2, 0.25) is 0 Å². The van der Waals surface area contributed by atoms with Crippen molar-refractivity contribution in [1.82, 2.24) is 0 Å². The molecule has 6 rings (SSSR count). The number of hydrogen-bond donors (Lipinski definition) is 2. The fraction of sp³-hybridized carbons (Fsp3) is 0.240. The van der Waals surface area contributed by atoms with Gasteiger partial charge >= 0.3 is 5.97 Å². The van der Waals surface area contributed by atoms with Gasteiger partial charge in [-0.15, -0.1) is 0 Å². The Morgan fingerprint density at radius 2 is 1.48 bits per heavy atom. The number of hydrogen-bond acceptors (Lipinski definition) is 6. The van der Waals surface area contributed by atoms with Gasteiger partial charge in [-0.2, -0.15) is 0 Å². The second-order valence-corrected chi connectivity index (χ2v) is 7.91. The van der Waals surface area contributed by atoms with Crippen molar-refractivity contribution in [2.24, 2.45) is 5.92 Å². The lowest BCUT2D eigenvalue weighted by Crippen LogP contribution is -2.57. The third-order valence-electron chi connectivity index (χ3n) is 6.43. The molecule has 0 heterocycles. The van der Waals surface area contributed by atoms with Gasteiger partial charge in [0, 0.05) is 6.42 Å². The summed E-state index contributed by atoms with van der Waals surface area (Å²) in [6.45, 7) is 0. The van der Waals surface area contributed by atoms with Gasteiger partial charge in [-0.25, -0.2) is 0 Å². The van der Waals surface area contributed by atoms with E-state index in [-0.39, 0.29) is 12.2 Å². The number of methoxy groups -OCH3 is 2. The third-order valence-corrected chi connectivity index (χ3v) is 6.43. The molecule has 2 N–H and O–H groups in total.